The molecular weight excluding hydrogens is 295 g/mol. The van der Waals surface area contributed by atoms with Gasteiger partial charge in [-0.25, -0.2) is 9.18 Å². The zero-order chi connectivity index (χ0) is 16.3. The van der Waals surface area contributed by atoms with Crippen LogP contribution < -0.4 is 0 Å². The molecule has 0 bridgehead atoms. The van der Waals surface area contributed by atoms with E-state index in [-0.39, 0.29) is 6.04 Å². The van der Waals surface area contributed by atoms with Crippen molar-refractivity contribution in [2.75, 3.05) is 19.6 Å². The quantitative estimate of drug-likeness (QED) is 0.867. The fourth-order valence-electron chi connectivity index (χ4n) is 4.00. The SMILES string of the molecule is O=C(O)N1CCC(N2CCCCC2(F)Cc2ccccc2)CC1. The number of carbonyl (C=O) groups is 1. The highest BCUT2D eigenvalue weighted by Crippen LogP contribution is 2.37. The largest absolute Gasteiger partial charge is 0.465 e. The molecule has 126 valence electrons. The van der Waals surface area contributed by atoms with Gasteiger partial charge in [0.1, 0.15) is 0 Å². The van der Waals surface area contributed by atoms with Crippen LogP contribution in [-0.4, -0.2) is 52.5 Å². The van der Waals surface area contributed by atoms with Gasteiger partial charge in [-0.05, 0) is 37.7 Å². The Morgan fingerprint density at radius 2 is 1.87 bits per heavy atom. The maximum Gasteiger partial charge on any atom is 0.407 e. The maximum atomic E-state index is 15.8. The van der Waals surface area contributed by atoms with Gasteiger partial charge in [0.15, 0.2) is 5.79 Å². The number of hydrogen-bond acceptors (Lipinski definition) is 2. The summed E-state index contributed by atoms with van der Waals surface area (Å²) in [4.78, 5) is 14.5. The molecule has 2 saturated heterocycles. The zero-order valence-corrected chi connectivity index (χ0v) is 13.5. The molecule has 2 aliphatic rings. The van der Waals surface area contributed by atoms with Gasteiger partial charge in [0.05, 0.1) is 0 Å². The van der Waals surface area contributed by atoms with Crippen LogP contribution in [0.2, 0.25) is 0 Å². The Bertz CT molecular complexity index is 531. The van der Waals surface area contributed by atoms with Crippen molar-refractivity contribution in [2.45, 2.75) is 50.4 Å². The molecule has 0 aliphatic carbocycles. The van der Waals surface area contributed by atoms with Gasteiger partial charge >= 0.3 is 6.09 Å². The van der Waals surface area contributed by atoms with Gasteiger partial charge in [0.2, 0.25) is 0 Å². The minimum Gasteiger partial charge on any atom is -0.465 e. The van der Waals surface area contributed by atoms with E-state index in [0.29, 0.717) is 25.9 Å². The van der Waals surface area contributed by atoms with Gasteiger partial charge in [-0.15, -0.1) is 0 Å². The van der Waals surface area contributed by atoms with Crippen LogP contribution in [0.15, 0.2) is 30.3 Å². The number of amides is 1. The topological polar surface area (TPSA) is 43.8 Å². The molecule has 1 amide bonds. The standard InChI is InChI=1S/C18H25FN2O2/c19-18(14-15-6-2-1-3-7-15)10-4-5-11-21(18)16-8-12-20(13-9-16)17(22)23/h1-3,6-7,16H,4-5,8-14H2,(H,22,23). The van der Waals surface area contributed by atoms with Crippen molar-refractivity contribution in [3.63, 3.8) is 0 Å². The molecule has 5 heteroatoms. The van der Waals surface area contributed by atoms with E-state index in [0.717, 1.165) is 37.8 Å². The number of piperidine rings is 2. The van der Waals surface area contributed by atoms with Crippen molar-refractivity contribution in [3.8, 4) is 0 Å². The Balaban J connectivity index is 1.70. The highest BCUT2D eigenvalue weighted by molar-refractivity contribution is 5.65. The van der Waals surface area contributed by atoms with Crippen LogP contribution in [0.5, 0.6) is 0 Å². The molecule has 4 nitrogen and oxygen atoms in total. The fraction of sp³-hybridized carbons (Fsp3) is 0.611. The number of alkyl halides is 1. The molecule has 23 heavy (non-hydrogen) atoms. The molecule has 1 N–H and O–H groups in total. The van der Waals surface area contributed by atoms with E-state index < -0.39 is 11.9 Å². The average Bonchev–Trinajstić information content (AvgIpc) is 2.56. The van der Waals surface area contributed by atoms with Gasteiger partial charge in [0.25, 0.3) is 0 Å². The fourth-order valence-corrected chi connectivity index (χ4v) is 4.00. The summed E-state index contributed by atoms with van der Waals surface area (Å²) < 4.78 is 15.8. The molecule has 1 aromatic rings. The lowest BCUT2D eigenvalue weighted by Crippen LogP contribution is -2.57. The second kappa shape index (κ2) is 6.87. The molecule has 1 aromatic carbocycles. The molecule has 3 rings (SSSR count). The van der Waals surface area contributed by atoms with Crippen LogP contribution in [0.25, 0.3) is 0 Å². The minimum atomic E-state index is -1.30. The molecule has 0 aromatic heterocycles. The third-order valence-electron chi connectivity index (χ3n) is 5.22. The van der Waals surface area contributed by atoms with Gasteiger partial charge in [-0.2, -0.15) is 0 Å². The number of likely N-dealkylation sites (tertiary alicyclic amines) is 2. The number of rotatable bonds is 3. The first kappa shape index (κ1) is 16.2. The van der Waals surface area contributed by atoms with Crippen LogP contribution in [0, 0.1) is 0 Å². The van der Waals surface area contributed by atoms with E-state index in [2.05, 4.69) is 0 Å². The Morgan fingerprint density at radius 3 is 2.52 bits per heavy atom. The van der Waals surface area contributed by atoms with Crippen LogP contribution in [-0.2, 0) is 6.42 Å². The molecule has 0 spiro atoms. The first-order valence-corrected chi connectivity index (χ1v) is 8.56. The van der Waals surface area contributed by atoms with Crippen LogP contribution in [0.4, 0.5) is 9.18 Å². The lowest BCUT2D eigenvalue weighted by Gasteiger charge is -2.48. The Kier molecular flexibility index (Phi) is 4.85. The molecule has 1 unspecified atom stereocenters. The van der Waals surface area contributed by atoms with E-state index in [9.17, 15) is 4.79 Å². The van der Waals surface area contributed by atoms with E-state index in [1.165, 1.54) is 4.90 Å². The predicted molar refractivity (Wildman–Crippen MR) is 87.2 cm³/mol. The zero-order valence-electron chi connectivity index (χ0n) is 13.5. The first-order valence-electron chi connectivity index (χ1n) is 8.56. The second-order valence-electron chi connectivity index (χ2n) is 6.73. The lowest BCUT2D eigenvalue weighted by molar-refractivity contribution is -0.0992. The van der Waals surface area contributed by atoms with Crippen molar-refractivity contribution in [1.29, 1.82) is 0 Å². The third kappa shape index (κ3) is 3.66. The molecule has 1 atom stereocenters. The summed E-state index contributed by atoms with van der Waals surface area (Å²) in [7, 11) is 0. The summed E-state index contributed by atoms with van der Waals surface area (Å²) in [6.45, 7) is 1.80. The van der Waals surface area contributed by atoms with Gasteiger partial charge in [-0.1, -0.05) is 30.3 Å². The molecule has 2 fully saturated rings. The number of benzene rings is 1. The van der Waals surface area contributed by atoms with E-state index in [1.807, 2.05) is 35.2 Å². The lowest BCUT2D eigenvalue weighted by atomic mass is 9.89. The van der Waals surface area contributed by atoms with Crippen LogP contribution in [0.3, 0.4) is 0 Å². The third-order valence-corrected chi connectivity index (χ3v) is 5.22. The van der Waals surface area contributed by atoms with Crippen molar-refractivity contribution in [1.82, 2.24) is 9.80 Å². The summed E-state index contributed by atoms with van der Waals surface area (Å²) in [5.74, 6) is -1.30. The van der Waals surface area contributed by atoms with Crippen LogP contribution >= 0.6 is 0 Å². The summed E-state index contributed by atoms with van der Waals surface area (Å²) >= 11 is 0. The van der Waals surface area contributed by atoms with E-state index in [1.54, 1.807) is 0 Å². The maximum absolute atomic E-state index is 15.8. The summed E-state index contributed by atoms with van der Waals surface area (Å²) in [6.07, 6.45) is 3.54. The first-order chi connectivity index (χ1) is 11.1. The number of halogens is 1. The molecular formula is C18H25FN2O2. The molecule has 0 radical (unpaired) electrons. The average molecular weight is 320 g/mol. The smallest absolute Gasteiger partial charge is 0.407 e. The highest BCUT2D eigenvalue weighted by atomic mass is 19.1. The van der Waals surface area contributed by atoms with E-state index >= 15 is 4.39 Å². The predicted octanol–water partition coefficient (Wildman–Crippen LogP) is 3.52. The molecule has 0 saturated carbocycles. The molecule has 2 aliphatic heterocycles. The van der Waals surface area contributed by atoms with Gasteiger partial charge in [-0.3, -0.25) is 4.90 Å². The number of carboxylic acid groups (broad SMARTS) is 1. The summed E-state index contributed by atoms with van der Waals surface area (Å²) in [5, 5.41) is 9.07. The molecule has 2 heterocycles. The van der Waals surface area contributed by atoms with Crippen molar-refractivity contribution >= 4 is 6.09 Å². The van der Waals surface area contributed by atoms with Crippen molar-refractivity contribution in [3.05, 3.63) is 35.9 Å². The minimum absolute atomic E-state index is 0.152. The van der Waals surface area contributed by atoms with Crippen molar-refractivity contribution in [2.24, 2.45) is 0 Å². The number of hydrogen-bond donors (Lipinski definition) is 1. The highest BCUT2D eigenvalue weighted by Gasteiger charge is 2.43. The monoisotopic (exact) mass is 320 g/mol. The normalized spacial score (nSPS) is 27.1. The van der Waals surface area contributed by atoms with Gasteiger partial charge < -0.3 is 10.0 Å². The Labute approximate surface area is 136 Å². The van der Waals surface area contributed by atoms with Crippen molar-refractivity contribution < 1.29 is 14.3 Å². The number of nitrogens with zero attached hydrogens (tertiary/aromatic N) is 2. The second-order valence-corrected chi connectivity index (χ2v) is 6.73. The van der Waals surface area contributed by atoms with E-state index in [4.69, 9.17) is 5.11 Å². The van der Waals surface area contributed by atoms with Gasteiger partial charge in [0, 0.05) is 32.1 Å². The summed E-state index contributed by atoms with van der Waals surface area (Å²) in [6, 6.07) is 9.99. The van der Waals surface area contributed by atoms with Crippen LogP contribution in [0.1, 0.15) is 37.7 Å². The Morgan fingerprint density at radius 1 is 1.17 bits per heavy atom. The Hall–Kier alpha value is -1.62. The summed E-state index contributed by atoms with van der Waals surface area (Å²) in [5.41, 5.74) is 1.03.